The second-order valence-corrected chi connectivity index (χ2v) is 8.67. The maximum Gasteiger partial charge on any atom is 0.261 e. The molecule has 3 rings (SSSR count). The maximum absolute atomic E-state index is 13.2. The smallest absolute Gasteiger partial charge is 0.261 e. The van der Waals surface area contributed by atoms with E-state index in [2.05, 4.69) is 63.3 Å². The van der Waals surface area contributed by atoms with Crippen LogP contribution < -0.4 is 10.1 Å². The van der Waals surface area contributed by atoms with E-state index in [4.69, 9.17) is 4.74 Å². The molecule has 3 aromatic rings. The molecule has 0 saturated carbocycles. The molecule has 0 spiro atoms. The Labute approximate surface area is 186 Å². The number of ether oxygens (including phenoxy) is 1. The lowest BCUT2D eigenvalue weighted by Crippen LogP contribution is -2.39. The molecule has 0 aliphatic heterocycles. The van der Waals surface area contributed by atoms with E-state index in [9.17, 15) is 4.79 Å². The van der Waals surface area contributed by atoms with E-state index in [1.807, 2.05) is 50.2 Å². The normalized spacial score (nSPS) is 13.0. The standard InChI is InChI=1S/C28H33NO2/c1-18(2)24-14-12-20(4)17-26(24)31-22(6)28(30)29-27(23-10-8-7-9-11-23)25-15-13-19(3)16-21(25)5/h7-18,22,27H,1-6H3,(H,29,30)/t22-,27-/m0/s1. The zero-order valence-corrected chi connectivity index (χ0v) is 19.4. The predicted octanol–water partition coefficient (Wildman–Crippen LogP) is 6.41. The molecular weight excluding hydrogens is 382 g/mol. The van der Waals surface area contributed by atoms with Crippen molar-refractivity contribution in [3.8, 4) is 5.75 Å². The fourth-order valence-corrected chi connectivity index (χ4v) is 3.86. The summed E-state index contributed by atoms with van der Waals surface area (Å²) >= 11 is 0. The number of nitrogens with one attached hydrogen (secondary N) is 1. The van der Waals surface area contributed by atoms with Gasteiger partial charge in [0.1, 0.15) is 5.75 Å². The summed E-state index contributed by atoms with van der Waals surface area (Å²) in [5.41, 5.74) is 6.73. The Bertz CT molecular complexity index is 1040. The van der Waals surface area contributed by atoms with E-state index in [1.165, 1.54) is 5.56 Å². The fourth-order valence-electron chi connectivity index (χ4n) is 3.86. The molecule has 1 N–H and O–H groups in total. The SMILES string of the molecule is Cc1ccc([C@@H](NC(=O)[C@H](C)Oc2cc(C)ccc2C(C)C)c2ccccc2)c(C)c1. The van der Waals surface area contributed by atoms with Gasteiger partial charge >= 0.3 is 0 Å². The number of benzene rings is 3. The molecule has 0 unspecified atom stereocenters. The Hall–Kier alpha value is -3.07. The molecule has 0 radical (unpaired) electrons. The average Bonchev–Trinajstić information content (AvgIpc) is 2.72. The van der Waals surface area contributed by atoms with E-state index >= 15 is 0 Å². The van der Waals surface area contributed by atoms with E-state index < -0.39 is 6.10 Å². The lowest BCUT2D eigenvalue weighted by atomic mass is 9.93. The Morgan fingerprint density at radius 2 is 1.42 bits per heavy atom. The molecule has 0 fully saturated rings. The van der Waals surface area contributed by atoms with Crippen LogP contribution in [0.25, 0.3) is 0 Å². The average molecular weight is 416 g/mol. The Morgan fingerprint density at radius 3 is 2.03 bits per heavy atom. The largest absolute Gasteiger partial charge is 0.481 e. The summed E-state index contributed by atoms with van der Waals surface area (Å²) in [4.78, 5) is 13.2. The summed E-state index contributed by atoms with van der Waals surface area (Å²) in [5.74, 6) is 0.962. The van der Waals surface area contributed by atoms with Gasteiger partial charge in [-0.15, -0.1) is 0 Å². The first-order valence-electron chi connectivity index (χ1n) is 11.0. The molecule has 0 saturated heterocycles. The lowest BCUT2D eigenvalue weighted by Gasteiger charge is -2.25. The Balaban J connectivity index is 1.86. The number of carbonyl (C=O) groups is 1. The summed E-state index contributed by atoms with van der Waals surface area (Å²) in [6.45, 7) is 12.3. The first kappa shape index (κ1) is 22.6. The summed E-state index contributed by atoms with van der Waals surface area (Å²) in [7, 11) is 0. The summed E-state index contributed by atoms with van der Waals surface area (Å²) in [6.07, 6.45) is -0.615. The van der Waals surface area contributed by atoms with Crippen LogP contribution in [0.15, 0.2) is 66.7 Å². The summed E-state index contributed by atoms with van der Waals surface area (Å²) in [6, 6.07) is 22.4. The van der Waals surface area contributed by atoms with E-state index in [-0.39, 0.29) is 11.9 Å². The second kappa shape index (κ2) is 9.82. The molecular formula is C28H33NO2. The lowest BCUT2D eigenvalue weighted by molar-refractivity contribution is -0.127. The first-order valence-corrected chi connectivity index (χ1v) is 11.0. The zero-order chi connectivity index (χ0) is 22.5. The van der Waals surface area contributed by atoms with Crippen LogP contribution >= 0.6 is 0 Å². The van der Waals surface area contributed by atoms with Gasteiger partial charge in [-0.05, 0) is 67.5 Å². The van der Waals surface area contributed by atoms with Crippen LogP contribution in [-0.2, 0) is 4.79 Å². The third-order valence-corrected chi connectivity index (χ3v) is 5.62. The van der Waals surface area contributed by atoms with E-state index in [1.54, 1.807) is 0 Å². The van der Waals surface area contributed by atoms with Crippen molar-refractivity contribution in [2.75, 3.05) is 0 Å². The van der Waals surface area contributed by atoms with Crippen LogP contribution in [-0.4, -0.2) is 12.0 Å². The maximum atomic E-state index is 13.2. The molecule has 3 nitrogen and oxygen atoms in total. The third kappa shape index (κ3) is 5.55. The zero-order valence-electron chi connectivity index (χ0n) is 19.4. The Morgan fingerprint density at radius 1 is 0.806 bits per heavy atom. The van der Waals surface area contributed by atoms with Crippen LogP contribution in [0.3, 0.4) is 0 Å². The quantitative estimate of drug-likeness (QED) is 0.484. The van der Waals surface area contributed by atoms with Crippen molar-refractivity contribution in [2.45, 2.75) is 59.6 Å². The van der Waals surface area contributed by atoms with Gasteiger partial charge in [-0.25, -0.2) is 0 Å². The highest BCUT2D eigenvalue weighted by Gasteiger charge is 2.24. The van der Waals surface area contributed by atoms with E-state index in [0.29, 0.717) is 5.92 Å². The van der Waals surface area contributed by atoms with Crippen molar-refractivity contribution in [1.29, 1.82) is 0 Å². The molecule has 0 heterocycles. The van der Waals surface area contributed by atoms with Gasteiger partial charge in [0.25, 0.3) is 5.91 Å². The van der Waals surface area contributed by atoms with Crippen molar-refractivity contribution in [3.05, 3.63) is 100 Å². The van der Waals surface area contributed by atoms with Gasteiger partial charge in [-0.2, -0.15) is 0 Å². The van der Waals surface area contributed by atoms with Gasteiger partial charge < -0.3 is 10.1 Å². The number of amides is 1. The van der Waals surface area contributed by atoms with Crippen molar-refractivity contribution < 1.29 is 9.53 Å². The minimum absolute atomic E-state index is 0.134. The molecule has 0 aromatic heterocycles. The molecule has 1 amide bonds. The number of aryl methyl sites for hydroxylation is 3. The van der Waals surface area contributed by atoms with Crippen LogP contribution in [0, 0.1) is 20.8 Å². The predicted molar refractivity (Wildman–Crippen MR) is 128 cm³/mol. The minimum Gasteiger partial charge on any atom is -0.481 e. The number of carbonyl (C=O) groups excluding carboxylic acids is 1. The van der Waals surface area contributed by atoms with Gasteiger partial charge in [-0.1, -0.05) is 80.1 Å². The molecule has 0 aliphatic rings. The topological polar surface area (TPSA) is 38.3 Å². The van der Waals surface area contributed by atoms with Crippen LogP contribution in [0.2, 0.25) is 0 Å². The van der Waals surface area contributed by atoms with Crippen molar-refractivity contribution in [3.63, 3.8) is 0 Å². The number of hydrogen-bond donors (Lipinski definition) is 1. The Kier molecular flexibility index (Phi) is 7.17. The van der Waals surface area contributed by atoms with Gasteiger partial charge in [0, 0.05) is 0 Å². The third-order valence-electron chi connectivity index (χ3n) is 5.62. The van der Waals surface area contributed by atoms with Crippen LogP contribution in [0.1, 0.15) is 66.1 Å². The van der Waals surface area contributed by atoms with Gasteiger partial charge in [0.05, 0.1) is 6.04 Å². The fraction of sp³-hybridized carbons (Fsp3) is 0.321. The van der Waals surface area contributed by atoms with Crippen LogP contribution in [0.4, 0.5) is 0 Å². The highest BCUT2D eigenvalue weighted by atomic mass is 16.5. The summed E-state index contributed by atoms with van der Waals surface area (Å²) in [5, 5.41) is 3.23. The summed E-state index contributed by atoms with van der Waals surface area (Å²) < 4.78 is 6.16. The molecule has 2 atom stereocenters. The van der Waals surface area contributed by atoms with Crippen molar-refractivity contribution in [2.24, 2.45) is 0 Å². The van der Waals surface area contributed by atoms with Crippen molar-refractivity contribution in [1.82, 2.24) is 5.32 Å². The monoisotopic (exact) mass is 415 g/mol. The molecule has 3 aromatic carbocycles. The molecule has 0 aliphatic carbocycles. The number of rotatable bonds is 7. The van der Waals surface area contributed by atoms with E-state index in [0.717, 1.165) is 33.6 Å². The highest BCUT2D eigenvalue weighted by Crippen LogP contribution is 2.29. The minimum atomic E-state index is -0.615. The highest BCUT2D eigenvalue weighted by molar-refractivity contribution is 5.81. The molecule has 162 valence electrons. The number of hydrogen-bond acceptors (Lipinski definition) is 2. The van der Waals surface area contributed by atoms with Gasteiger partial charge in [0.15, 0.2) is 6.10 Å². The van der Waals surface area contributed by atoms with Gasteiger partial charge in [0.2, 0.25) is 0 Å². The second-order valence-electron chi connectivity index (χ2n) is 8.67. The molecule has 3 heteroatoms. The molecule has 0 bridgehead atoms. The van der Waals surface area contributed by atoms with Gasteiger partial charge in [-0.3, -0.25) is 4.79 Å². The van der Waals surface area contributed by atoms with Crippen molar-refractivity contribution >= 4 is 5.91 Å². The van der Waals surface area contributed by atoms with Crippen LogP contribution in [0.5, 0.6) is 5.75 Å². The first-order chi connectivity index (χ1) is 14.8. The molecule has 31 heavy (non-hydrogen) atoms.